The van der Waals surface area contributed by atoms with E-state index in [1.807, 2.05) is 12.1 Å². The van der Waals surface area contributed by atoms with Crippen LogP contribution in [0.1, 0.15) is 22.2 Å². The van der Waals surface area contributed by atoms with Gasteiger partial charge in [-0.05, 0) is 79.0 Å². The van der Waals surface area contributed by atoms with E-state index in [0.717, 1.165) is 10.1 Å². The molecule has 0 spiro atoms. The largest absolute Gasteiger partial charge is 0.497 e. The van der Waals surface area contributed by atoms with Crippen molar-refractivity contribution in [2.45, 2.75) is 11.8 Å². The predicted octanol–water partition coefficient (Wildman–Crippen LogP) is 5.25. The van der Waals surface area contributed by atoms with Crippen LogP contribution in [0.5, 0.6) is 5.75 Å². The Labute approximate surface area is 201 Å². The lowest BCUT2D eigenvalue weighted by molar-refractivity contribution is 0.103. The molecule has 34 heavy (non-hydrogen) atoms. The molecule has 0 aliphatic heterocycles. The van der Waals surface area contributed by atoms with E-state index in [0.29, 0.717) is 27.6 Å². The average molecular weight is 492 g/mol. The fourth-order valence-corrected chi connectivity index (χ4v) is 5.93. The standard InChI is InChI=1S/C25H21N3O4S2/c1-3-28(34(30,31)22-10-8-21(32-2)9-11-22)20-7-12-23-18(14-20)15-24(33-23)25(29)27-19-6-4-5-17(13-19)16-26/h4-15H,3H2,1-2H3,(H,27,29). The van der Waals surface area contributed by atoms with E-state index < -0.39 is 10.0 Å². The van der Waals surface area contributed by atoms with Crippen molar-refractivity contribution in [2.75, 3.05) is 23.3 Å². The number of carbonyl (C=O) groups excluding carboxylic acids is 1. The monoisotopic (exact) mass is 491 g/mol. The van der Waals surface area contributed by atoms with Gasteiger partial charge in [0.2, 0.25) is 0 Å². The van der Waals surface area contributed by atoms with Gasteiger partial charge in [0, 0.05) is 16.9 Å². The summed E-state index contributed by atoms with van der Waals surface area (Å²) in [5, 5.41) is 12.6. The van der Waals surface area contributed by atoms with Crippen molar-refractivity contribution in [2.24, 2.45) is 0 Å². The quantitative estimate of drug-likeness (QED) is 0.381. The Balaban J connectivity index is 1.62. The number of hydrogen-bond donors (Lipinski definition) is 1. The number of ether oxygens (including phenoxy) is 1. The second-order valence-electron chi connectivity index (χ2n) is 7.32. The number of sulfonamides is 1. The number of methoxy groups -OCH3 is 1. The lowest BCUT2D eigenvalue weighted by Gasteiger charge is -2.23. The van der Waals surface area contributed by atoms with Crippen molar-refractivity contribution in [1.82, 2.24) is 0 Å². The highest BCUT2D eigenvalue weighted by molar-refractivity contribution is 7.92. The third-order valence-corrected chi connectivity index (χ3v) is 8.23. The molecule has 1 aromatic heterocycles. The van der Waals surface area contributed by atoms with Crippen molar-refractivity contribution in [3.8, 4) is 11.8 Å². The highest BCUT2D eigenvalue weighted by Gasteiger charge is 2.24. The topological polar surface area (TPSA) is 99.5 Å². The molecule has 0 saturated carbocycles. The number of nitriles is 1. The van der Waals surface area contributed by atoms with E-state index in [-0.39, 0.29) is 17.3 Å². The Morgan fingerprint density at radius 1 is 1.09 bits per heavy atom. The molecule has 0 radical (unpaired) electrons. The van der Waals surface area contributed by atoms with Crippen LogP contribution in [0.15, 0.2) is 77.7 Å². The van der Waals surface area contributed by atoms with Gasteiger partial charge in [0.25, 0.3) is 15.9 Å². The number of hydrogen-bond acceptors (Lipinski definition) is 6. The molecule has 7 nitrogen and oxygen atoms in total. The van der Waals surface area contributed by atoms with Crippen molar-refractivity contribution >= 4 is 48.7 Å². The van der Waals surface area contributed by atoms with Gasteiger partial charge in [-0.25, -0.2) is 8.42 Å². The fraction of sp³-hybridized carbons (Fsp3) is 0.120. The maximum atomic E-state index is 13.3. The average Bonchev–Trinajstić information content (AvgIpc) is 3.28. The van der Waals surface area contributed by atoms with Gasteiger partial charge >= 0.3 is 0 Å². The van der Waals surface area contributed by atoms with Gasteiger partial charge in [0.05, 0.1) is 34.2 Å². The molecule has 0 aliphatic rings. The molecule has 4 rings (SSSR count). The molecule has 0 unspecified atom stereocenters. The minimum absolute atomic E-state index is 0.167. The second kappa shape index (κ2) is 9.55. The molecular formula is C25H21N3O4S2. The van der Waals surface area contributed by atoms with Crippen molar-refractivity contribution in [1.29, 1.82) is 5.26 Å². The molecule has 4 aromatic rings. The van der Waals surface area contributed by atoms with Crippen LogP contribution in [0.4, 0.5) is 11.4 Å². The summed E-state index contributed by atoms with van der Waals surface area (Å²) in [6, 6.07) is 22.0. The molecule has 1 amide bonds. The first-order valence-corrected chi connectivity index (χ1v) is 12.6. The van der Waals surface area contributed by atoms with E-state index in [9.17, 15) is 13.2 Å². The van der Waals surface area contributed by atoms with Crippen LogP contribution in [0, 0.1) is 11.3 Å². The minimum atomic E-state index is -3.78. The Kier molecular flexibility index (Phi) is 6.54. The molecular weight excluding hydrogens is 470 g/mol. The number of thiophene rings is 1. The van der Waals surface area contributed by atoms with Crippen molar-refractivity contribution in [3.63, 3.8) is 0 Å². The number of anilines is 2. The summed E-state index contributed by atoms with van der Waals surface area (Å²) < 4.78 is 33.8. The molecule has 0 bridgehead atoms. The van der Waals surface area contributed by atoms with E-state index in [1.165, 1.54) is 34.9 Å². The Morgan fingerprint density at radius 2 is 1.85 bits per heavy atom. The highest BCUT2D eigenvalue weighted by Crippen LogP contribution is 2.32. The number of benzene rings is 3. The zero-order chi connectivity index (χ0) is 24.3. The molecule has 0 aliphatic carbocycles. The number of rotatable bonds is 7. The van der Waals surface area contributed by atoms with Gasteiger partial charge in [-0.3, -0.25) is 9.10 Å². The first-order chi connectivity index (χ1) is 16.3. The van der Waals surface area contributed by atoms with Crippen LogP contribution in [0.3, 0.4) is 0 Å². The lowest BCUT2D eigenvalue weighted by atomic mass is 10.2. The van der Waals surface area contributed by atoms with Crippen LogP contribution in [-0.2, 0) is 10.0 Å². The predicted molar refractivity (Wildman–Crippen MR) is 134 cm³/mol. The smallest absolute Gasteiger partial charge is 0.265 e. The van der Waals surface area contributed by atoms with Crippen LogP contribution in [0.25, 0.3) is 10.1 Å². The SMILES string of the molecule is CCN(c1ccc2sc(C(=O)Nc3cccc(C#N)c3)cc2c1)S(=O)(=O)c1ccc(OC)cc1. The van der Waals surface area contributed by atoms with Crippen LogP contribution >= 0.6 is 11.3 Å². The van der Waals surface area contributed by atoms with Gasteiger partial charge in [0.15, 0.2) is 0 Å². The molecule has 0 fully saturated rings. The normalized spacial score (nSPS) is 11.1. The fourth-order valence-electron chi connectivity index (χ4n) is 3.52. The maximum Gasteiger partial charge on any atom is 0.265 e. The van der Waals surface area contributed by atoms with Crippen LogP contribution in [-0.4, -0.2) is 28.0 Å². The summed E-state index contributed by atoms with van der Waals surface area (Å²) >= 11 is 1.31. The third-order valence-electron chi connectivity index (χ3n) is 5.20. The maximum absolute atomic E-state index is 13.3. The van der Waals surface area contributed by atoms with Crippen LogP contribution < -0.4 is 14.4 Å². The summed E-state index contributed by atoms with van der Waals surface area (Å²) in [5.74, 6) is 0.280. The van der Waals surface area contributed by atoms with Crippen molar-refractivity contribution in [3.05, 3.63) is 83.2 Å². The number of nitrogens with one attached hydrogen (secondary N) is 1. The summed E-state index contributed by atoms with van der Waals surface area (Å²) in [6.45, 7) is 2.01. The summed E-state index contributed by atoms with van der Waals surface area (Å²) in [4.78, 5) is 13.4. The first-order valence-electron chi connectivity index (χ1n) is 10.4. The summed E-state index contributed by atoms with van der Waals surface area (Å²) in [5.41, 5.74) is 1.50. The van der Waals surface area contributed by atoms with Crippen molar-refractivity contribution < 1.29 is 17.9 Å². The number of amides is 1. The van der Waals surface area contributed by atoms with E-state index in [4.69, 9.17) is 10.00 Å². The first kappa shape index (κ1) is 23.3. The number of fused-ring (bicyclic) bond motifs is 1. The summed E-state index contributed by atoms with van der Waals surface area (Å²) in [6.07, 6.45) is 0. The molecule has 0 atom stereocenters. The number of nitrogens with zero attached hydrogens (tertiary/aromatic N) is 2. The van der Waals surface area contributed by atoms with E-state index in [1.54, 1.807) is 61.5 Å². The van der Waals surface area contributed by atoms with Gasteiger partial charge < -0.3 is 10.1 Å². The summed E-state index contributed by atoms with van der Waals surface area (Å²) in [7, 11) is -2.26. The molecule has 1 heterocycles. The van der Waals surface area contributed by atoms with Gasteiger partial charge in [-0.2, -0.15) is 5.26 Å². The minimum Gasteiger partial charge on any atom is -0.497 e. The zero-order valence-electron chi connectivity index (χ0n) is 18.5. The number of carbonyl (C=O) groups is 1. The van der Waals surface area contributed by atoms with Gasteiger partial charge in [-0.15, -0.1) is 11.3 Å². The van der Waals surface area contributed by atoms with Crippen LogP contribution in [0.2, 0.25) is 0 Å². The van der Waals surface area contributed by atoms with E-state index in [2.05, 4.69) is 5.32 Å². The Morgan fingerprint density at radius 3 is 2.53 bits per heavy atom. The molecule has 9 heteroatoms. The lowest BCUT2D eigenvalue weighted by Crippen LogP contribution is -2.30. The Bertz CT molecular complexity index is 1500. The Hall–Kier alpha value is -3.87. The second-order valence-corrected chi connectivity index (χ2v) is 10.3. The van der Waals surface area contributed by atoms with Gasteiger partial charge in [-0.1, -0.05) is 6.07 Å². The van der Waals surface area contributed by atoms with E-state index >= 15 is 0 Å². The third kappa shape index (κ3) is 4.59. The molecule has 3 aromatic carbocycles. The van der Waals surface area contributed by atoms with Gasteiger partial charge in [0.1, 0.15) is 5.75 Å². The molecule has 172 valence electrons. The molecule has 1 N–H and O–H groups in total. The zero-order valence-corrected chi connectivity index (χ0v) is 20.1. The molecule has 0 saturated heterocycles. The highest BCUT2D eigenvalue weighted by atomic mass is 32.2.